The van der Waals surface area contributed by atoms with Gasteiger partial charge in [0.2, 0.25) is 0 Å². The Kier molecular flexibility index (Phi) is 2.31. The minimum absolute atomic E-state index is 0.320. The van der Waals surface area contributed by atoms with Crippen molar-refractivity contribution in [2.75, 3.05) is 18.5 Å². The number of anilines is 1. The van der Waals surface area contributed by atoms with E-state index in [2.05, 4.69) is 12.3 Å². The van der Waals surface area contributed by atoms with Gasteiger partial charge in [-0.05, 0) is 23.4 Å². The lowest BCUT2D eigenvalue weighted by Crippen LogP contribution is -2.35. The molecule has 1 aromatic heterocycles. The molecule has 17 heavy (non-hydrogen) atoms. The minimum atomic E-state index is -0.320. The number of aliphatic hydroxyl groups excluding tert-OH is 1. The van der Waals surface area contributed by atoms with Crippen molar-refractivity contribution in [3.63, 3.8) is 0 Å². The highest BCUT2D eigenvalue weighted by Crippen LogP contribution is 2.42. The molecule has 3 nitrogen and oxygen atoms in total. The van der Waals surface area contributed by atoms with Crippen LogP contribution in [-0.4, -0.2) is 29.9 Å². The van der Waals surface area contributed by atoms with Gasteiger partial charge in [0, 0.05) is 37.2 Å². The highest BCUT2D eigenvalue weighted by molar-refractivity contribution is 7.17. The smallest absolute Gasteiger partial charge is 0.135 e. The van der Waals surface area contributed by atoms with E-state index >= 15 is 0 Å². The van der Waals surface area contributed by atoms with Crippen LogP contribution >= 0.6 is 11.3 Å². The molecule has 2 N–H and O–H groups in total. The molecule has 0 radical (unpaired) electrons. The van der Waals surface area contributed by atoms with Gasteiger partial charge in [0.15, 0.2) is 0 Å². The Morgan fingerprint density at radius 1 is 1.47 bits per heavy atom. The number of β-amino-alcohol motifs (C(OH)–C–C–N with tert-alkyl or cyclic N) is 1. The maximum atomic E-state index is 10.0. The van der Waals surface area contributed by atoms with Crippen LogP contribution in [0.1, 0.15) is 11.1 Å². The van der Waals surface area contributed by atoms with Crippen LogP contribution in [0.4, 0.5) is 5.69 Å². The first-order valence-corrected chi connectivity index (χ1v) is 6.57. The quantitative estimate of drug-likeness (QED) is 0.752. The normalized spacial score (nSPS) is 19.7. The summed E-state index contributed by atoms with van der Waals surface area (Å²) in [7, 11) is 1.95. The minimum Gasteiger partial charge on any atom is -0.506 e. The average Bonchev–Trinajstić information content (AvgIpc) is 2.64. The lowest BCUT2D eigenvalue weighted by Gasteiger charge is -2.31. The first-order valence-electron chi connectivity index (χ1n) is 5.69. The van der Waals surface area contributed by atoms with E-state index in [0.717, 1.165) is 21.3 Å². The van der Waals surface area contributed by atoms with Crippen molar-refractivity contribution < 1.29 is 10.2 Å². The molecular weight excluding hydrogens is 234 g/mol. The second-order valence-corrected chi connectivity index (χ2v) is 5.63. The Bertz CT molecular complexity index is 591. The van der Waals surface area contributed by atoms with Gasteiger partial charge in [-0.1, -0.05) is 0 Å². The van der Waals surface area contributed by atoms with Crippen LogP contribution in [0.2, 0.25) is 0 Å². The second-order valence-electron chi connectivity index (χ2n) is 4.75. The molecule has 1 aliphatic rings. The van der Waals surface area contributed by atoms with Crippen LogP contribution in [0.25, 0.3) is 10.1 Å². The van der Waals surface area contributed by atoms with Crippen molar-refractivity contribution in [1.82, 2.24) is 0 Å². The van der Waals surface area contributed by atoms with Crippen LogP contribution in [0, 0.1) is 6.92 Å². The maximum Gasteiger partial charge on any atom is 0.135 e. The van der Waals surface area contributed by atoms with Crippen LogP contribution in [0.5, 0.6) is 5.75 Å². The Balaban J connectivity index is 2.37. The van der Waals surface area contributed by atoms with E-state index < -0.39 is 0 Å². The monoisotopic (exact) mass is 249 g/mol. The predicted octanol–water partition coefficient (Wildman–Crippen LogP) is 2.27. The first kappa shape index (κ1) is 10.9. The number of aromatic hydroxyl groups is 1. The number of hydrogen-bond acceptors (Lipinski definition) is 4. The maximum absolute atomic E-state index is 10.0. The van der Waals surface area contributed by atoms with Gasteiger partial charge in [-0.3, -0.25) is 0 Å². The number of fused-ring (bicyclic) bond motifs is 3. The van der Waals surface area contributed by atoms with E-state index in [1.807, 2.05) is 18.0 Å². The number of thiophene rings is 1. The molecule has 1 aliphatic heterocycles. The van der Waals surface area contributed by atoms with Crippen LogP contribution in [0.15, 0.2) is 11.4 Å². The number of likely N-dealkylation sites (N-methyl/N-ethyl adjacent to an activating group) is 1. The largest absolute Gasteiger partial charge is 0.506 e. The molecule has 0 bridgehead atoms. The van der Waals surface area contributed by atoms with Gasteiger partial charge in [0.25, 0.3) is 0 Å². The number of aryl methyl sites for hydroxylation is 1. The van der Waals surface area contributed by atoms with Crippen molar-refractivity contribution in [2.24, 2.45) is 0 Å². The number of phenolic OH excluding ortho intramolecular Hbond substituents is 1. The number of benzene rings is 1. The van der Waals surface area contributed by atoms with Gasteiger partial charge >= 0.3 is 0 Å². The number of aliphatic hydroxyl groups is 1. The van der Waals surface area contributed by atoms with Crippen LogP contribution in [-0.2, 0) is 6.42 Å². The van der Waals surface area contributed by atoms with E-state index in [1.54, 1.807) is 11.3 Å². The molecule has 1 aromatic carbocycles. The Morgan fingerprint density at radius 2 is 2.24 bits per heavy atom. The third-order valence-corrected chi connectivity index (χ3v) is 4.55. The molecule has 3 rings (SSSR count). The molecular formula is C13H15NO2S. The van der Waals surface area contributed by atoms with Gasteiger partial charge in [-0.25, -0.2) is 0 Å². The van der Waals surface area contributed by atoms with Gasteiger partial charge in [-0.15, -0.1) is 11.3 Å². The van der Waals surface area contributed by atoms with Crippen molar-refractivity contribution in [1.29, 1.82) is 0 Å². The molecule has 1 unspecified atom stereocenters. The fourth-order valence-electron chi connectivity index (χ4n) is 2.68. The molecule has 2 aromatic rings. The molecule has 90 valence electrons. The summed E-state index contributed by atoms with van der Waals surface area (Å²) >= 11 is 1.57. The van der Waals surface area contributed by atoms with E-state index in [9.17, 15) is 10.2 Å². The molecule has 0 amide bonds. The second kappa shape index (κ2) is 3.62. The van der Waals surface area contributed by atoms with Crippen molar-refractivity contribution in [2.45, 2.75) is 19.4 Å². The van der Waals surface area contributed by atoms with Gasteiger partial charge in [0.1, 0.15) is 5.75 Å². The van der Waals surface area contributed by atoms with E-state index in [-0.39, 0.29) is 6.10 Å². The summed E-state index contributed by atoms with van der Waals surface area (Å²) in [6.45, 7) is 2.68. The standard InChI is InChI=1S/C13H15NO2S/c1-7-6-17-13-11(16)4-10-9(12(7)13)3-8(15)5-14(10)2/h4,6,8,15-16H,3,5H2,1-2H3. The highest BCUT2D eigenvalue weighted by atomic mass is 32.1. The van der Waals surface area contributed by atoms with Crippen molar-refractivity contribution in [3.8, 4) is 5.75 Å². The summed E-state index contributed by atoms with van der Waals surface area (Å²) in [5.41, 5.74) is 3.39. The number of nitrogens with zero attached hydrogens (tertiary/aromatic N) is 1. The summed E-state index contributed by atoms with van der Waals surface area (Å²) < 4.78 is 0.934. The van der Waals surface area contributed by atoms with Gasteiger partial charge in [-0.2, -0.15) is 0 Å². The van der Waals surface area contributed by atoms with Gasteiger partial charge in [0.05, 0.1) is 10.8 Å². The van der Waals surface area contributed by atoms with Gasteiger partial charge < -0.3 is 15.1 Å². The zero-order chi connectivity index (χ0) is 12.2. The SMILES string of the molecule is Cc1csc2c(O)cc3c(c12)CC(O)CN3C. The highest BCUT2D eigenvalue weighted by Gasteiger charge is 2.25. The zero-order valence-corrected chi connectivity index (χ0v) is 10.7. The van der Waals surface area contributed by atoms with E-state index in [4.69, 9.17) is 0 Å². The van der Waals surface area contributed by atoms with Crippen LogP contribution < -0.4 is 4.90 Å². The average molecular weight is 249 g/mol. The number of hydrogen-bond donors (Lipinski definition) is 2. The molecule has 4 heteroatoms. The molecule has 0 spiro atoms. The topological polar surface area (TPSA) is 43.7 Å². The summed E-state index contributed by atoms with van der Waals surface area (Å²) in [4.78, 5) is 2.01. The fraction of sp³-hybridized carbons (Fsp3) is 0.385. The van der Waals surface area contributed by atoms with Crippen LogP contribution in [0.3, 0.4) is 0 Å². The Hall–Kier alpha value is -1.26. The molecule has 0 fully saturated rings. The molecule has 1 atom stereocenters. The summed E-state index contributed by atoms with van der Waals surface area (Å²) in [6, 6.07) is 1.82. The first-order chi connectivity index (χ1) is 8.08. The van der Waals surface area contributed by atoms with Crippen molar-refractivity contribution >= 4 is 27.1 Å². The fourth-order valence-corrected chi connectivity index (χ4v) is 3.67. The third kappa shape index (κ3) is 1.51. The molecule has 2 heterocycles. The summed E-state index contributed by atoms with van der Waals surface area (Å²) in [5, 5.41) is 23.1. The lowest BCUT2D eigenvalue weighted by molar-refractivity contribution is 0.177. The number of phenols is 1. The summed E-state index contributed by atoms with van der Waals surface area (Å²) in [6.07, 6.45) is 0.355. The van der Waals surface area contributed by atoms with Crippen molar-refractivity contribution in [3.05, 3.63) is 22.6 Å². The Morgan fingerprint density at radius 3 is 3.00 bits per heavy atom. The third-order valence-electron chi connectivity index (χ3n) is 3.43. The molecule has 0 saturated carbocycles. The molecule has 0 aliphatic carbocycles. The summed E-state index contributed by atoms with van der Waals surface area (Å²) in [5.74, 6) is 0.347. The molecule has 0 saturated heterocycles. The zero-order valence-electron chi connectivity index (χ0n) is 9.90. The number of rotatable bonds is 0. The predicted molar refractivity (Wildman–Crippen MR) is 71.2 cm³/mol. The van der Waals surface area contributed by atoms with E-state index in [1.165, 1.54) is 5.56 Å². The lowest BCUT2D eigenvalue weighted by atomic mass is 9.95. The Labute approximate surface area is 104 Å². The van der Waals surface area contributed by atoms with E-state index in [0.29, 0.717) is 18.7 Å².